The molecule has 0 spiro atoms. The summed E-state index contributed by atoms with van der Waals surface area (Å²) >= 11 is 0. The smallest absolute Gasteiger partial charge is 0.251 e. The van der Waals surface area contributed by atoms with E-state index in [4.69, 9.17) is 0 Å². The fourth-order valence-corrected chi connectivity index (χ4v) is 5.64. The predicted molar refractivity (Wildman–Crippen MR) is 151 cm³/mol. The maximum atomic E-state index is 13.8. The van der Waals surface area contributed by atoms with E-state index in [1.807, 2.05) is 25.1 Å². The molecule has 0 bridgehead atoms. The minimum absolute atomic E-state index is 0.0249. The molecular formula is C30H37F2N3O4S. The number of benzene rings is 3. The second-order valence-corrected chi connectivity index (χ2v) is 11.8. The number of amides is 1. The van der Waals surface area contributed by atoms with Gasteiger partial charge in [0, 0.05) is 38.3 Å². The van der Waals surface area contributed by atoms with Crippen molar-refractivity contribution in [2.24, 2.45) is 0 Å². The number of carbonyl (C=O) groups excluding carboxylic acids is 1. The number of carbonyl (C=O) groups is 1. The van der Waals surface area contributed by atoms with Gasteiger partial charge in [0.15, 0.2) is 0 Å². The number of nitrogens with one attached hydrogen (secondary N) is 2. The molecule has 0 saturated heterocycles. The third kappa shape index (κ3) is 8.66. The highest BCUT2D eigenvalue weighted by atomic mass is 32.2. The minimum Gasteiger partial charge on any atom is -0.390 e. The third-order valence-electron chi connectivity index (χ3n) is 6.60. The molecule has 216 valence electrons. The van der Waals surface area contributed by atoms with Crippen molar-refractivity contribution in [1.29, 1.82) is 0 Å². The van der Waals surface area contributed by atoms with Crippen molar-refractivity contribution in [3.63, 3.8) is 0 Å². The molecule has 0 aromatic heterocycles. The highest BCUT2D eigenvalue weighted by molar-refractivity contribution is 7.89. The Balaban J connectivity index is 1.74. The fraction of sp³-hybridized carbons (Fsp3) is 0.367. The second-order valence-electron chi connectivity index (χ2n) is 9.78. The minimum atomic E-state index is -3.68. The Kier molecular flexibility index (Phi) is 11.3. The molecule has 3 N–H and O–H groups in total. The lowest BCUT2D eigenvalue weighted by Gasteiger charge is -2.25. The molecule has 3 aromatic carbocycles. The summed E-state index contributed by atoms with van der Waals surface area (Å²) in [6.07, 6.45) is 0.446. The van der Waals surface area contributed by atoms with Gasteiger partial charge in [-0.25, -0.2) is 21.5 Å². The number of hydrogen-bond donors (Lipinski definition) is 3. The van der Waals surface area contributed by atoms with Crippen molar-refractivity contribution in [3.8, 4) is 0 Å². The van der Waals surface area contributed by atoms with Crippen LogP contribution >= 0.6 is 0 Å². The van der Waals surface area contributed by atoms with Crippen LogP contribution in [-0.2, 0) is 29.4 Å². The van der Waals surface area contributed by atoms with Gasteiger partial charge in [-0.3, -0.25) is 4.79 Å². The quantitative estimate of drug-likeness (QED) is 0.270. The Morgan fingerprint density at radius 1 is 0.950 bits per heavy atom. The number of aliphatic hydroxyl groups excluding tert-OH is 1. The normalized spacial score (nSPS) is 13.3. The molecule has 7 nitrogen and oxygen atoms in total. The lowest BCUT2D eigenvalue weighted by molar-refractivity contribution is 0.0829. The van der Waals surface area contributed by atoms with E-state index in [2.05, 4.69) is 23.6 Å². The zero-order valence-electron chi connectivity index (χ0n) is 23.0. The molecule has 3 aromatic rings. The summed E-state index contributed by atoms with van der Waals surface area (Å²) in [6.45, 7) is 4.91. The first-order valence-corrected chi connectivity index (χ1v) is 14.8. The van der Waals surface area contributed by atoms with Crippen LogP contribution in [0.25, 0.3) is 0 Å². The number of aliphatic hydroxyl groups is 1. The summed E-state index contributed by atoms with van der Waals surface area (Å²) in [7, 11) is -2.19. The molecule has 0 radical (unpaired) electrons. The zero-order chi connectivity index (χ0) is 29.3. The molecule has 10 heteroatoms. The summed E-state index contributed by atoms with van der Waals surface area (Å²) in [4.78, 5) is 13.2. The van der Waals surface area contributed by atoms with Crippen LogP contribution < -0.4 is 10.6 Å². The van der Waals surface area contributed by atoms with Gasteiger partial charge < -0.3 is 15.7 Å². The average Bonchev–Trinajstić information content (AvgIpc) is 2.92. The van der Waals surface area contributed by atoms with E-state index in [9.17, 15) is 27.1 Å². The number of hydrogen-bond acceptors (Lipinski definition) is 5. The molecule has 0 aliphatic rings. The first kappa shape index (κ1) is 31.3. The lowest BCUT2D eigenvalue weighted by Crippen LogP contribution is -2.48. The van der Waals surface area contributed by atoms with Gasteiger partial charge >= 0.3 is 0 Å². The highest BCUT2D eigenvalue weighted by Crippen LogP contribution is 2.17. The van der Waals surface area contributed by atoms with Gasteiger partial charge in [-0.1, -0.05) is 38.1 Å². The molecule has 3 rings (SSSR count). The standard InChI is InChI=1S/C30H37F2N3O4S/c1-4-13-35(3)40(38,39)27-11-9-24(10-12-27)30(37)34-28(17-23-15-25(31)18-26(32)16-23)29(36)20-33-19-22-8-6-7-21(5-2)14-22/h6-12,14-16,18,28-29,33,36H,4-5,13,17,19-20H2,1-3H3,(H,34,37)/t28-,29+/m0/s1. The van der Waals surface area contributed by atoms with Gasteiger partial charge in [-0.2, -0.15) is 0 Å². The third-order valence-corrected chi connectivity index (χ3v) is 8.48. The van der Waals surface area contributed by atoms with Crippen molar-refractivity contribution >= 4 is 15.9 Å². The largest absolute Gasteiger partial charge is 0.390 e. The summed E-state index contributed by atoms with van der Waals surface area (Å²) in [6, 6.07) is 15.7. The Morgan fingerprint density at radius 2 is 1.60 bits per heavy atom. The van der Waals surface area contributed by atoms with Gasteiger partial charge in [0.05, 0.1) is 17.0 Å². The molecule has 2 atom stereocenters. The van der Waals surface area contributed by atoms with Crippen LogP contribution in [0.2, 0.25) is 0 Å². The van der Waals surface area contributed by atoms with E-state index in [1.165, 1.54) is 41.2 Å². The molecule has 0 saturated carbocycles. The fourth-order valence-electron chi connectivity index (χ4n) is 4.38. The number of sulfonamides is 1. The van der Waals surface area contributed by atoms with Crippen LogP contribution in [-0.4, -0.2) is 56.0 Å². The van der Waals surface area contributed by atoms with Gasteiger partial charge in [-0.05, 0) is 72.4 Å². The average molecular weight is 574 g/mol. The van der Waals surface area contributed by atoms with E-state index in [-0.39, 0.29) is 29.0 Å². The highest BCUT2D eigenvalue weighted by Gasteiger charge is 2.24. The van der Waals surface area contributed by atoms with Crippen molar-refractivity contribution in [2.75, 3.05) is 20.1 Å². The maximum Gasteiger partial charge on any atom is 0.251 e. The van der Waals surface area contributed by atoms with Crippen molar-refractivity contribution in [2.45, 2.75) is 56.7 Å². The van der Waals surface area contributed by atoms with E-state index >= 15 is 0 Å². The molecule has 0 aliphatic carbocycles. The van der Waals surface area contributed by atoms with Crippen LogP contribution in [0.5, 0.6) is 0 Å². The predicted octanol–water partition coefficient (Wildman–Crippen LogP) is 4.05. The van der Waals surface area contributed by atoms with Crippen molar-refractivity contribution in [3.05, 3.63) is 101 Å². The first-order chi connectivity index (χ1) is 19.0. The van der Waals surface area contributed by atoms with E-state index < -0.39 is 39.7 Å². The Labute approximate surface area is 235 Å². The summed E-state index contributed by atoms with van der Waals surface area (Å²) < 4.78 is 54.3. The van der Waals surface area contributed by atoms with E-state index in [1.54, 1.807) is 0 Å². The van der Waals surface area contributed by atoms with Crippen LogP contribution in [0, 0.1) is 11.6 Å². The Hall–Kier alpha value is -3.18. The topological polar surface area (TPSA) is 98.7 Å². The molecule has 0 heterocycles. The van der Waals surface area contributed by atoms with Crippen LogP contribution in [0.1, 0.15) is 47.3 Å². The summed E-state index contributed by atoms with van der Waals surface area (Å²) in [5.74, 6) is -2.07. The summed E-state index contributed by atoms with van der Waals surface area (Å²) in [5.41, 5.74) is 2.69. The molecule has 0 fully saturated rings. The Morgan fingerprint density at radius 3 is 2.23 bits per heavy atom. The van der Waals surface area contributed by atoms with Crippen LogP contribution in [0.4, 0.5) is 8.78 Å². The van der Waals surface area contributed by atoms with E-state index in [0.29, 0.717) is 19.5 Å². The maximum absolute atomic E-state index is 13.8. The molecular weight excluding hydrogens is 536 g/mol. The summed E-state index contributed by atoms with van der Waals surface area (Å²) in [5, 5.41) is 16.9. The molecule has 0 aliphatic heterocycles. The SMILES string of the molecule is CCCN(C)S(=O)(=O)c1ccc(C(=O)N[C@@H](Cc2cc(F)cc(F)c2)[C@H](O)CNCc2cccc(CC)c2)cc1. The molecule has 0 unspecified atom stereocenters. The number of aryl methyl sites for hydroxylation is 1. The molecule has 1 amide bonds. The van der Waals surface area contributed by atoms with Crippen molar-refractivity contribution < 1.29 is 27.1 Å². The van der Waals surface area contributed by atoms with E-state index in [0.717, 1.165) is 30.2 Å². The number of halogens is 2. The monoisotopic (exact) mass is 573 g/mol. The Bertz CT molecular complexity index is 1360. The van der Waals surface area contributed by atoms with Gasteiger partial charge in [0.2, 0.25) is 10.0 Å². The lowest BCUT2D eigenvalue weighted by atomic mass is 10.00. The number of nitrogens with zero attached hydrogens (tertiary/aromatic N) is 1. The number of rotatable bonds is 14. The van der Waals surface area contributed by atoms with Gasteiger partial charge in [0.1, 0.15) is 11.6 Å². The van der Waals surface area contributed by atoms with Crippen LogP contribution in [0.3, 0.4) is 0 Å². The second kappa shape index (κ2) is 14.5. The van der Waals surface area contributed by atoms with Gasteiger partial charge in [0.25, 0.3) is 5.91 Å². The first-order valence-electron chi connectivity index (χ1n) is 13.3. The van der Waals surface area contributed by atoms with Gasteiger partial charge in [-0.15, -0.1) is 0 Å². The zero-order valence-corrected chi connectivity index (χ0v) is 23.8. The molecule has 40 heavy (non-hydrogen) atoms. The van der Waals surface area contributed by atoms with Crippen LogP contribution in [0.15, 0.2) is 71.6 Å². The van der Waals surface area contributed by atoms with Crippen molar-refractivity contribution in [1.82, 2.24) is 14.9 Å².